The molecule has 4 nitrogen and oxygen atoms in total. The number of anilines is 1. The van der Waals surface area contributed by atoms with Gasteiger partial charge < -0.3 is 10.2 Å². The molecule has 0 bridgehead atoms. The van der Waals surface area contributed by atoms with Gasteiger partial charge in [0.25, 0.3) is 0 Å². The van der Waals surface area contributed by atoms with Crippen molar-refractivity contribution in [1.82, 2.24) is 5.32 Å². The quantitative estimate of drug-likeness (QED) is 0.778. The van der Waals surface area contributed by atoms with Crippen LogP contribution in [0.3, 0.4) is 0 Å². The molecular weight excluding hydrogens is 307 g/mol. The summed E-state index contributed by atoms with van der Waals surface area (Å²) in [5, 5.41) is 2.51. The molecular formula is C10H9IN2O2. The minimum absolute atomic E-state index is 0.0726. The fraction of sp³-hybridized carbons (Fsp3) is 0.200. The maximum Gasteiger partial charge on any atom is 0.246 e. The molecule has 1 aliphatic rings. The molecule has 1 heterocycles. The zero-order valence-electron chi connectivity index (χ0n) is 7.87. The number of nitrogens with zero attached hydrogens (tertiary/aromatic N) is 1. The number of carbonyl (C=O) groups excluding carboxylic acids is 2. The highest BCUT2D eigenvalue weighted by Crippen LogP contribution is 2.18. The second-order valence-corrected chi connectivity index (χ2v) is 4.48. The van der Waals surface area contributed by atoms with Gasteiger partial charge in [-0.05, 0) is 40.8 Å². The summed E-state index contributed by atoms with van der Waals surface area (Å²) >= 11 is 2.18. The van der Waals surface area contributed by atoms with E-state index >= 15 is 0 Å². The van der Waals surface area contributed by atoms with Crippen molar-refractivity contribution in [3.63, 3.8) is 0 Å². The number of carbonyl (C=O) groups is 2. The normalized spacial score (nSPS) is 16.5. The molecule has 2 amide bonds. The molecule has 15 heavy (non-hydrogen) atoms. The van der Waals surface area contributed by atoms with Crippen LogP contribution >= 0.6 is 22.6 Å². The molecule has 2 rings (SSSR count). The van der Waals surface area contributed by atoms with E-state index in [1.165, 1.54) is 4.90 Å². The number of piperazine rings is 1. The monoisotopic (exact) mass is 316 g/mol. The third-order valence-electron chi connectivity index (χ3n) is 2.16. The fourth-order valence-electron chi connectivity index (χ4n) is 1.44. The van der Waals surface area contributed by atoms with Crippen LogP contribution in [0.5, 0.6) is 0 Å². The maximum atomic E-state index is 11.6. The van der Waals surface area contributed by atoms with Crippen LogP contribution in [-0.4, -0.2) is 24.9 Å². The molecule has 5 heteroatoms. The van der Waals surface area contributed by atoms with E-state index in [1.807, 2.05) is 24.3 Å². The van der Waals surface area contributed by atoms with Gasteiger partial charge in [-0.15, -0.1) is 0 Å². The van der Waals surface area contributed by atoms with Gasteiger partial charge in [0.1, 0.15) is 6.54 Å². The van der Waals surface area contributed by atoms with Crippen molar-refractivity contribution < 1.29 is 9.59 Å². The summed E-state index contributed by atoms with van der Waals surface area (Å²) in [6, 6.07) is 7.53. The number of benzene rings is 1. The first-order valence-corrected chi connectivity index (χ1v) is 5.57. The Morgan fingerprint density at radius 1 is 1.33 bits per heavy atom. The summed E-state index contributed by atoms with van der Waals surface area (Å²) in [5.41, 5.74) is 0.779. The van der Waals surface area contributed by atoms with Crippen molar-refractivity contribution >= 4 is 40.1 Å². The van der Waals surface area contributed by atoms with Gasteiger partial charge in [-0.1, -0.05) is 6.07 Å². The van der Waals surface area contributed by atoms with Crippen LogP contribution in [0, 0.1) is 3.57 Å². The van der Waals surface area contributed by atoms with Crippen LogP contribution in [0.4, 0.5) is 5.69 Å². The molecule has 0 aromatic heterocycles. The molecule has 1 fully saturated rings. The van der Waals surface area contributed by atoms with Crippen LogP contribution in [0.15, 0.2) is 24.3 Å². The standard InChI is InChI=1S/C10H9IN2O2/c11-7-2-1-3-8(4-7)13-6-9(14)12-5-10(13)15/h1-4H,5-6H2,(H,12,14). The van der Waals surface area contributed by atoms with E-state index in [2.05, 4.69) is 27.9 Å². The number of halogens is 1. The zero-order chi connectivity index (χ0) is 10.8. The minimum atomic E-state index is -0.117. The average Bonchev–Trinajstić information content (AvgIpc) is 2.22. The van der Waals surface area contributed by atoms with Crippen LogP contribution < -0.4 is 10.2 Å². The first-order chi connectivity index (χ1) is 7.16. The lowest BCUT2D eigenvalue weighted by atomic mass is 10.2. The summed E-state index contributed by atoms with van der Waals surface area (Å²) in [7, 11) is 0. The highest BCUT2D eigenvalue weighted by Gasteiger charge is 2.24. The van der Waals surface area contributed by atoms with Crippen molar-refractivity contribution in [2.24, 2.45) is 0 Å². The van der Waals surface area contributed by atoms with Gasteiger partial charge >= 0.3 is 0 Å². The Balaban J connectivity index is 2.28. The summed E-state index contributed by atoms with van der Waals surface area (Å²) < 4.78 is 1.05. The van der Waals surface area contributed by atoms with Crippen molar-refractivity contribution in [3.8, 4) is 0 Å². The van der Waals surface area contributed by atoms with Gasteiger partial charge in [0.05, 0.1) is 6.54 Å². The summed E-state index contributed by atoms with van der Waals surface area (Å²) in [6.07, 6.45) is 0. The Kier molecular flexibility index (Phi) is 2.90. The average molecular weight is 316 g/mol. The van der Waals surface area contributed by atoms with Gasteiger partial charge in [0.2, 0.25) is 11.8 Å². The predicted molar refractivity (Wildman–Crippen MR) is 64.5 cm³/mol. The number of amides is 2. The number of rotatable bonds is 1. The Bertz CT molecular complexity index is 420. The summed E-state index contributed by atoms with van der Waals surface area (Å²) in [6.45, 7) is 0.198. The van der Waals surface area contributed by atoms with E-state index in [4.69, 9.17) is 0 Å². The highest BCUT2D eigenvalue weighted by atomic mass is 127. The van der Waals surface area contributed by atoms with Gasteiger partial charge in [0.15, 0.2) is 0 Å². The van der Waals surface area contributed by atoms with Crippen LogP contribution in [0.25, 0.3) is 0 Å². The molecule has 0 saturated carbocycles. The van der Waals surface area contributed by atoms with Crippen molar-refractivity contribution in [2.75, 3.05) is 18.0 Å². The molecule has 0 spiro atoms. The molecule has 1 aromatic rings. The fourth-order valence-corrected chi connectivity index (χ4v) is 1.96. The summed E-state index contributed by atoms with van der Waals surface area (Å²) in [5.74, 6) is -0.190. The molecule has 0 unspecified atom stereocenters. The molecule has 1 aromatic carbocycles. The third-order valence-corrected chi connectivity index (χ3v) is 2.83. The molecule has 0 radical (unpaired) electrons. The van der Waals surface area contributed by atoms with Crippen LogP contribution in [-0.2, 0) is 9.59 Å². The Hall–Kier alpha value is -1.11. The van der Waals surface area contributed by atoms with E-state index in [1.54, 1.807) is 0 Å². The van der Waals surface area contributed by atoms with E-state index in [0.717, 1.165) is 9.26 Å². The second kappa shape index (κ2) is 4.18. The van der Waals surface area contributed by atoms with Crippen LogP contribution in [0.1, 0.15) is 0 Å². The van der Waals surface area contributed by atoms with Gasteiger partial charge in [-0.2, -0.15) is 0 Å². The van der Waals surface area contributed by atoms with E-state index in [-0.39, 0.29) is 24.9 Å². The van der Waals surface area contributed by atoms with Crippen molar-refractivity contribution in [1.29, 1.82) is 0 Å². The molecule has 1 saturated heterocycles. The Labute approximate surface area is 101 Å². The SMILES string of the molecule is O=C1CN(c2cccc(I)c2)C(=O)CN1. The van der Waals surface area contributed by atoms with Crippen molar-refractivity contribution in [3.05, 3.63) is 27.8 Å². The smallest absolute Gasteiger partial charge is 0.246 e. The molecule has 1 aliphatic heterocycles. The van der Waals surface area contributed by atoms with E-state index in [9.17, 15) is 9.59 Å². The lowest BCUT2D eigenvalue weighted by molar-refractivity contribution is -0.128. The van der Waals surface area contributed by atoms with E-state index in [0.29, 0.717) is 0 Å². The zero-order valence-corrected chi connectivity index (χ0v) is 10.0. The topological polar surface area (TPSA) is 49.4 Å². The number of hydrogen-bond acceptors (Lipinski definition) is 2. The minimum Gasteiger partial charge on any atom is -0.345 e. The first-order valence-electron chi connectivity index (χ1n) is 4.49. The molecule has 1 N–H and O–H groups in total. The van der Waals surface area contributed by atoms with Gasteiger partial charge in [-0.25, -0.2) is 0 Å². The van der Waals surface area contributed by atoms with Crippen molar-refractivity contribution in [2.45, 2.75) is 0 Å². The largest absolute Gasteiger partial charge is 0.345 e. The second-order valence-electron chi connectivity index (χ2n) is 3.24. The third kappa shape index (κ3) is 2.28. The Morgan fingerprint density at radius 2 is 2.13 bits per heavy atom. The molecule has 0 atom stereocenters. The number of hydrogen-bond donors (Lipinski definition) is 1. The molecule has 0 aliphatic carbocycles. The number of nitrogens with one attached hydrogen (secondary N) is 1. The van der Waals surface area contributed by atoms with Crippen LogP contribution in [0.2, 0.25) is 0 Å². The lowest BCUT2D eigenvalue weighted by Crippen LogP contribution is -2.51. The highest BCUT2D eigenvalue weighted by molar-refractivity contribution is 14.1. The molecule has 78 valence electrons. The summed E-state index contributed by atoms with van der Waals surface area (Å²) in [4.78, 5) is 24.2. The first kappa shape index (κ1) is 10.4. The van der Waals surface area contributed by atoms with E-state index < -0.39 is 0 Å². The van der Waals surface area contributed by atoms with Gasteiger partial charge in [0, 0.05) is 9.26 Å². The Morgan fingerprint density at radius 3 is 2.87 bits per heavy atom. The van der Waals surface area contributed by atoms with Gasteiger partial charge in [-0.3, -0.25) is 9.59 Å². The predicted octanol–water partition coefficient (Wildman–Crippen LogP) is 0.754. The maximum absolute atomic E-state index is 11.6. The lowest BCUT2D eigenvalue weighted by Gasteiger charge is -2.26.